The smallest absolute Gasteiger partial charge is 0.137 e. The minimum atomic E-state index is -0.419. The number of likely N-dealkylation sites (N-methyl/N-ethyl adjacent to an activating group) is 1. The van der Waals surface area contributed by atoms with Crippen LogP contribution in [0.3, 0.4) is 0 Å². The second kappa shape index (κ2) is 5.58. The molecule has 1 N–H and O–H groups in total. The SMILES string of the molecule is CN(C)CC(O)Cc1ccc(F)c(Br)c1. The Kier molecular flexibility index (Phi) is 4.70. The number of nitrogens with zero attached hydrogens (tertiary/aromatic N) is 1. The molecule has 1 aromatic carbocycles. The van der Waals surface area contributed by atoms with Gasteiger partial charge in [0.25, 0.3) is 0 Å². The first-order valence-electron chi connectivity index (χ1n) is 4.75. The van der Waals surface area contributed by atoms with E-state index in [-0.39, 0.29) is 5.82 Å². The van der Waals surface area contributed by atoms with Crippen molar-refractivity contribution in [1.29, 1.82) is 0 Å². The van der Waals surface area contributed by atoms with Gasteiger partial charge in [0.1, 0.15) is 5.82 Å². The average Bonchev–Trinajstić information content (AvgIpc) is 2.10. The molecule has 0 aliphatic heterocycles. The summed E-state index contributed by atoms with van der Waals surface area (Å²) in [5.41, 5.74) is 0.928. The standard InChI is InChI=1S/C11H15BrFNO/c1-14(2)7-9(15)5-8-3-4-11(13)10(12)6-8/h3-4,6,9,15H,5,7H2,1-2H3. The van der Waals surface area contributed by atoms with Gasteiger partial charge in [0.15, 0.2) is 0 Å². The number of aliphatic hydroxyl groups excluding tert-OH is 1. The highest BCUT2D eigenvalue weighted by Gasteiger charge is 2.08. The molecule has 0 aromatic heterocycles. The van der Waals surface area contributed by atoms with Crippen LogP contribution in [0.1, 0.15) is 5.56 Å². The zero-order chi connectivity index (χ0) is 11.4. The van der Waals surface area contributed by atoms with Gasteiger partial charge in [-0.05, 0) is 54.1 Å². The summed E-state index contributed by atoms with van der Waals surface area (Å²) in [5, 5.41) is 9.68. The van der Waals surface area contributed by atoms with Crippen LogP contribution >= 0.6 is 15.9 Å². The summed E-state index contributed by atoms with van der Waals surface area (Å²) in [6, 6.07) is 4.80. The number of hydrogen-bond donors (Lipinski definition) is 1. The van der Waals surface area contributed by atoms with E-state index >= 15 is 0 Å². The van der Waals surface area contributed by atoms with Gasteiger partial charge in [-0.3, -0.25) is 0 Å². The zero-order valence-corrected chi connectivity index (χ0v) is 10.5. The Morgan fingerprint density at radius 1 is 1.47 bits per heavy atom. The number of benzene rings is 1. The molecular formula is C11H15BrFNO. The number of hydrogen-bond acceptors (Lipinski definition) is 2. The van der Waals surface area contributed by atoms with Crippen molar-refractivity contribution in [3.8, 4) is 0 Å². The maximum Gasteiger partial charge on any atom is 0.137 e. The molecule has 84 valence electrons. The predicted molar refractivity (Wildman–Crippen MR) is 62.4 cm³/mol. The molecule has 1 aromatic rings. The Bertz CT molecular complexity index is 330. The maximum atomic E-state index is 12.9. The van der Waals surface area contributed by atoms with Crippen molar-refractivity contribution in [1.82, 2.24) is 4.90 Å². The molecule has 0 amide bonds. The summed E-state index contributed by atoms with van der Waals surface area (Å²) in [4.78, 5) is 1.92. The lowest BCUT2D eigenvalue weighted by molar-refractivity contribution is 0.137. The van der Waals surface area contributed by atoms with E-state index in [0.717, 1.165) is 5.56 Å². The normalized spacial score (nSPS) is 13.2. The average molecular weight is 276 g/mol. The van der Waals surface area contributed by atoms with Crippen LogP contribution in [0.2, 0.25) is 0 Å². The molecule has 0 aliphatic rings. The molecule has 1 atom stereocenters. The van der Waals surface area contributed by atoms with Crippen molar-refractivity contribution < 1.29 is 9.50 Å². The van der Waals surface area contributed by atoms with Crippen molar-refractivity contribution in [2.75, 3.05) is 20.6 Å². The van der Waals surface area contributed by atoms with Crippen LogP contribution in [0.25, 0.3) is 0 Å². The molecule has 0 fully saturated rings. The van der Waals surface area contributed by atoms with Gasteiger partial charge in [-0.15, -0.1) is 0 Å². The quantitative estimate of drug-likeness (QED) is 0.909. The van der Waals surface area contributed by atoms with E-state index in [4.69, 9.17) is 0 Å². The number of halogens is 2. The Morgan fingerprint density at radius 3 is 2.67 bits per heavy atom. The van der Waals surface area contributed by atoms with Crippen molar-refractivity contribution in [3.05, 3.63) is 34.1 Å². The molecule has 0 radical (unpaired) electrons. The highest BCUT2D eigenvalue weighted by Crippen LogP contribution is 2.17. The van der Waals surface area contributed by atoms with Crippen LogP contribution < -0.4 is 0 Å². The van der Waals surface area contributed by atoms with Gasteiger partial charge in [0.05, 0.1) is 10.6 Å². The Balaban J connectivity index is 2.60. The topological polar surface area (TPSA) is 23.5 Å². The summed E-state index contributed by atoms with van der Waals surface area (Å²) in [7, 11) is 3.81. The minimum absolute atomic E-state index is 0.277. The first-order chi connectivity index (χ1) is 6.99. The molecule has 0 saturated heterocycles. The lowest BCUT2D eigenvalue weighted by Gasteiger charge is -2.15. The van der Waals surface area contributed by atoms with Crippen LogP contribution in [0.4, 0.5) is 4.39 Å². The van der Waals surface area contributed by atoms with Gasteiger partial charge in [0.2, 0.25) is 0 Å². The Morgan fingerprint density at radius 2 is 2.13 bits per heavy atom. The van der Waals surface area contributed by atoms with Gasteiger partial charge < -0.3 is 10.0 Å². The molecule has 4 heteroatoms. The van der Waals surface area contributed by atoms with Gasteiger partial charge >= 0.3 is 0 Å². The summed E-state index contributed by atoms with van der Waals surface area (Å²) in [5.74, 6) is -0.277. The first kappa shape index (κ1) is 12.6. The van der Waals surface area contributed by atoms with Crippen LogP contribution in [-0.2, 0) is 6.42 Å². The molecule has 0 heterocycles. The van der Waals surface area contributed by atoms with Gasteiger partial charge in [0, 0.05) is 6.54 Å². The lowest BCUT2D eigenvalue weighted by Crippen LogP contribution is -2.27. The van der Waals surface area contributed by atoms with E-state index in [1.54, 1.807) is 12.1 Å². The molecular weight excluding hydrogens is 261 g/mol. The fourth-order valence-corrected chi connectivity index (χ4v) is 1.85. The van der Waals surface area contributed by atoms with Crippen molar-refractivity contribution in [3.63, 3.8) is 0 Å². The second-order valence-corrected chi connectivity index (χ2v) is 4.72. The fourth-order valence-electron chi connectivity index (χ4n) is 1.42. The Hall–Kier alpha value is -0.450. The van der Waals surface area contributed by atoms with Crippen LogP contribution in [0.15, 0.2) is 22.7 Å². The van der Waals surface area contributed by atoms with Gasteiger partial charge in [-0.2, -0.15) is 0 Å². The molecule has 2 nitrogen and oxygen atoms in total. The predicted octanol–water partition coefficient (Wildman–Crippen LogP) is 2.05. The van der Waals surface area contributed by atoms with E-state index < -0.39 is 6.10 Å². The molecule has 1 rings (SSSR count). The highest BCUT2D eigenvalue weighted by molar-refractivity contribution is 9.10. The molecule has 0 spiro atoms. The monoisotopic (exact) mass is 275 g/mol. The van der Waals surface area contributed by atoms with Crippen LogP contribution in [0.5, 0.6) is 0 Å². The van der Waals surface area contributed by atoms with E-state index in [2.05, 4.69) is 15.9 Å². The fraction of sp³-hybridized carbons (Fsp3) is 0.455. The van der Waals surface area contributed by atoms with E-state index in [0.29, 0.717) is 17.4 Å². The van der Waals surface area contributed by atoms with Crippen molar-refractivity contribution in [2.45, 2.75) is 12.5 Å². The van der Waals surface area contributed by atoms with E-state index in [1.165, 1.54) is 6.07 Å². The second-order valence-electron chi connectivity index (χ2n) is 3.87. The van der Waals surface area contributed by atoms with E-state index in [1.807, 2.05) is 19.0 Å². The largest absolute Gasteiger partial charge is 0.391 e. The van der Waals surface area contributed by atoms with Gasteiger partial charge in [-0.25, -0.2) is 4.39 Å². The third-order valence-corrected chi connectivity index (χ3v) is 2.64. The summed E-state index contributed by atoms with van der Waals surface area (Å²) in [6.45, 7) is 0.606. The van der Waals surface area contributed by atoms with Crippen LogP contribution in [-0.4, -0.2) is 36.8 Å². The van der Waals surface area contributed by atoms with E-state index in [9.17, 15) is 9.50 Å². The maximum absolute atomic E-state index is 12.9. The molecule has 0 bridgehead atoms. The molecule has 0 aliphatic carbocycles. The summed E-state index contributed by atoms with van der Waals surface area (Å²) in [6.07, 6.45) is 0.120. The zero-order valence-electron chi connectivity index (χ0n) is 8.87. The van der Waals surface area contributed by atoms with Crippen LogP contribution in [0, 0.1) is 5.82 Å². The van der Waals surface area contributed by atoms with Crippen molar-refractivity contribution >= 4 is 15.9 Å². The number of rotatable bonds is 4. The summed E-state index contributed by atoms with van der Waals surface area (Å²) >= 11 is 3.12. The third kappa shape index (κ3) is 4.28. The van der Waals surface area contributed by atoms with Gasteiger partial charge in [-0.1, -0.05) is 6.07 Å². The minimum Gasteiger partial charge on any atom is -0.391 e. The molecule has 0 saturated carbocycles. The highest BCUT2D eigenvalue weighted by atomic mass is 79.9. The summed E-state index contributed by atoms with van der Waals surface area (Å²) < 4.78 is 13.4. The third-order valence-electron chi connectivity index (χ3n) is 2.03. The molecule has 15 heavy (non-hydrogen) atoms. The van der Waals surface area contributed by atoms with Crippen molar-refractivity contribution in [2.24, 2.45) is 0 Å². The first-order valence-corrected chi connectivity index (χ1v) is 5.55. The number of aliphatic hydroxyl groups is 1. The Labute approximate surface area is 97.8 Å². The lowest BCUT2D eigenvalue weighted by atomic mass is 10.1. The molecule has 1 unspecified atom stereocenters.